The molecular formula is C15H22ClN3O. The van der Waals surface area contributed by atoms with Gasteiger partial charge in [0.15, 0.2) is 0 Å². The minimum atomic E-state index is -0.142. The van der Waals surface area contributed by atoms with Crippen LogP contribution in [0.15, 0.2) is 18.3 Å². The number of amides is 1. The standard InChI is InChI=1S/C15H22ClN3O/c1-10(2)14(11-4-3-6-17-9-11)19-15(20)13-8-12(16)5-7-18-13/h5,7-8,10-11,14,17H,3-4,6,9H2,1-2H3,(H,19,20). The smallest absolute Gasteiger partial charge is 0.270 e. The molecule has 2 unspecified atom stereocenters. The van der Waals surface area contributed by atoms with Gasteiger partial charge in [0.2, 0.25) is 0 Å². The van der Waals surface area contributed by atoms with Gasteiger partial charge in [0.25, 0.3) is 5.91 Å². The molecule has 2 atom stereocenters. The summed E-state index contributed by atoms with van der Waals surface area (Å²) in [5.74, 6) is 0.728. The average molecular weight is 296 g/mol. The Morgan fingerprint density at radius 1 is 1.55 bits per heavy atom. The highest BCUT2D eigenvalue weighted by molar-refractivity contribution is 6.30. The highest BCUT2D eigenvalue weighted by atomic mass is 35.5. The van der Waals surface area contributed by atoms with E-state index in [1.165, 1.54) is 6.42 Å². The van der Waals surface area contributed by atoms with Crippen LogP contribution >= 0.6 is 11.6 Å². The number of piperidine rings is 1. The Morgan fingerprint density at radius 2 is 2.35 bits per heavy atom. The predicted octanol–water partition coefficient (Wildman–Crippen LogP) is 2.49. The van der Waals surface area contributed by atoms with Crippen LogP contribution in [0, 0.1) is 11.8 Å². The molecule has 4 nitrogen and oxygen atoms in total. The monoisotopic (exact) mass is 295 g/mol. The Bertz CT molecular complexity index is 458. The molecule has 2 heterocycles. The second-order valence-corrected chi connectivity index (χ2v) is 6.15. The SMILES string of the molecule is CC(C)C(NC(=O)c1cc(Cl)ccn1)C1CCCNC1. The van der Waals surface area contributed by atoms with Crippen molar-refractivity contribution in [1.82, 2.24) is 15.6 Å². The van der Waals surface area contributed by atoms with Gasteiger partial charge in [-0.15, -0.1) is 0 Å². The van der Waals surface area contributed by atoms with Gasteiger partial charge in [-0.05, 0) is 49.9 Å². The summed E-state index contributed by atoms with van der Waals surface area (Å²) in [5.41, 5.74) is 0.381. The lowest BCUT2D eigenvalue weighted by Gasteiger charge is -2.34. The number of hydrogen-bond donors (Lipinski definition) is 2. The molecule has 1 aliphatic rings. The average Bonchev–Trinajstić information content (AvgIpc) is 2.45. The molecule has 0 aliphatic carbocycles. The van der Waals surface area contributed by atoms with Gasteiger partial charge in [0.05, 0.1) is 0 Å². The third-order valence-electron chi connectivity index (χ3n) is 3.81. The van der Waals surface area contributed by atoms with Crippen LogP contribution < -0.4 is 10.6 Å². The molecule has 2 N–H and O–H groups in total. The second kappa shape index (κ2) is 7.04. The van der Waals surface area contributed by atoms with Crippen LogP contribution in [0.25, 0.3) is 0 Å². The first kappa shape index (κ1) is 15.3. The molecule has 0 aromatic carbocycles. The van der Waals surface area contributed by atoms with Gasteiger partial charge in [-0.1, -0.05) is 25.4 Å². The zero-order valence-electron chi connectivity index (χ0n) is 12.0. The Morgan fingerprint density at radius 3 is 2.95 bits per heavy atom. The fraction of sp³-hybridized carbons (Fsp3) is 0.600. The number of aromatic nitrogens is 1. The number of nitrogens with zero attached hydrogens (tertiary/aromatic N) is 1. The van der Waals surface area contributed by atoms with Crippen LogP contribution in [0.5, 0.6) is 0 Å². The van der Waals surface area contributed by atoms with Crippen molar-refractivity contribution in [2.45, 2.75) is 32.7 Å². The van der Waals surface area contributed by atoms with Gasteiger partial charge >= 0.3 is 0 Å². The number of pyridine rings is 1. The van der Waals surface area contributed by atoms with E-state index in [4.69, 9.17) is 11.6 Å². The van der Waals surface area contributed by atoms with Crippen molar-refractivity contribution >= 4 is 17.5 Å². The molecule has 0 radical (unpaired) electrons. The van der Waals surface area contributed by atoms with E-state index in [-0.39, 0.29) is 11.9 Å². The van der Waals surface area contributed by atoms with Crippen molar-refractivity contribution in [2.75, 3.05) is 13.1 Å². The first-order chi connectivity index (χ1) is 9.58. The number of nitrogens with one attached hydrogen (secondary N) is 2. The zero-order chi connectivity index (χ0) is 14.5. The Kier molecular flexibility index (Phi) is 5.38. The number of carbonyl (C=O) groups excluding carboxylic acids is 1. The van der Waals surface area contributed by atoms with Crippen molar-refractivity contribution < 1.29 is 4.79 Å². The summed E-state index contributed by atoms with van der Waals surface area (Å²) >= 11 is 5.91. The summed E-state index contributed by atoms with van der Waals surface area (Å²) in [4.78, 5) is 16.4. The molecule has 5 heteroatoms. The van der Waals surface area contributed by atoms with Crippen LogP contribution in [0.3, 0.4) is 0 Å². The van der Waals surface area contributed by atoms with E-state index in [2.05, 4.69) is 29.5 Å². The molecule has 2 rings (SSSR count). The van der Waals surface area contributed by atoms with Gasteiger partial charge in [-0.3, -0.25) is 9.78 Å². The molecule has 20 heavy (non-hydrogen) atoms. The van der Waals surface area contributed by atoms with Crippen molar-refractivity contribution in [3.8, 4) is 0 Å². The molecule has 0 saturated carbocycles. The summed E-state index contributed by atoms with van der Waals surface area (Å²) in [6.45, 7) is 6.33. The molecule has 1 aromatic heterocycles. The molecule has 1 saturated heterocycles. The van der Waals surface area contributed by atoms with Crippen LogP contribution in [-0.4, -0.2) is 30.0 Å². The van der Waals surface area contributed by atoms with Crippen LogP contribution in [0.2, 0.25) is 5.02 Å². The number of carbonyl (C=O) groups is 1. The third-order valence-corrected chi connectivity index (χ3v) is 4.05. The molecule has 0 spiro atoms. The lowest BCUT2D eigenvalue weighted by atomic mass is 9.85. The quantitative estimate of drug-likeness (QED) is 0.897. The lowest BCUT2D eigenvalue weighted by molar-refractivity contribution is 0.0890. The Balaban J connectivity index is 2.05. The molecular weight excluding hydrogens is 274 g/mol. The Labute approximate surface area is 125 Å². The topological polar surface area (TPSA) is 54.0 Å². The van der Waals surface area contributed by atoms with Gasteiger partial charge in [0, 0.05) is 17.3 Å². The summed E-state index contributed by atoms with van der Waals surface area (Å²) in [6.07, 6.45) is 3.88. The van der Waals surface area contributed by atoms with Crippen LogP contribution in [0.1, 0.15) is 37.2 Å². The van der Waals surface area contributed by atoms with E-state index >= 15 is 0 Å². The fourth-order valence-electron chi connectivity index (χ4n) is 2.77. The first-order valence-electron chi connectivity index (χ1n) is 7.21. The Hall–Kier alpha value is -1.13. The fourth-order valence-corrected chi connectivity index (χ4v) is 2.93. The van der Waals surface area contributed by atoms with Crippen molar-refractivity contribution in [3.63, 3.8) is 0 Å². The predicted molar refractivity (Wildman–Crippen MR) is 80.9 cm³/mol. The van der Waals surface area contributed by atoms with Gasteiger partial charge in [0.1, 0.15) is 5.69 Å². The maximum absolute atomic E-state index is 12.3. The maximum atomic E-state index is 12.3. The van der Waals surface area contributed by atoms with E-state index < -0.39 is 0 Å². The molecule has 1 fully saturated rings. The van der Waals surface area contributed by atoms with Gasteiger partial charge in [-0.2, -0.15) is 0 Å². The molecule has 1 aliphatic heterocycles. The molecule has 1 aromatic rings. The zero-order valence-corrected chi connectivity index (χ0v) is 12.8. The molecule has 0 bridgehead atoms. The second-order valence-electron chi connectivity index (χ2n) is 5.71. The first-order valence-corrected chi connectivity index (χ1v) is 7.59. The third kappa shape index (κ3) is 3.93. The summed E-state index contributed by atoms with van der Waals surface area (Å²) < 4.78 is 0. The van der Waals surface area contributed by atoms with E-state index in [1.807, 2.05) is 0 Å². The van der Waals surface area contributed by atoms with Gasteiger partial charge in [-0.25, -0.2) is 0 Å². The molecule has 110 valence electrons. The number of rotatable bonds is 4. The van der Waals surface area contributed by atoms with Crippen LogP contribution in [-0.2, 0) is 0 Å². The maximum Gasteiger partial charge on any atom is 0.270 e. The van der Waals surface area contributed by atoms with E-state index in [0.717, 1.165) is 19.5 Å². The van der Waals surface area contributed by atoms with E-state index in [0.29, 0.717) is 22.6 Å². The highest BCUT2D eigenvalue weighted by Gasteiger charge is 2.28. The van der Waals surface area contributed by atoms with Crippen molar-refractivity contribution in [2.24, 2.45) is 11.8 Å². The largest absolute Gasteiger partial charge is 0.347 e. The normalized spacial score (nSPS) is 20.7. The summed E-state index contributed by atoms with van der Waals surface area (Å²) in [6, 6.07) is 3.44. The van der Waals surface area contributed by atoms with E-state index in [1.54, 1.807) is 18.3 Å². The lowest BCUT2D eigenvalue weighted by Crippen LogP contribution is -2.49. The highest BCUT2D eigenvalue weighted by Crippen LogP contribution is 2.20. The number of halogens is 1. The van der Waals surface area contributed by atoms with Crippen molar-refractivity contribution in [3.05, 3.63) is 29.0 Å². The van der Waals surface area contributed by atoms with Gasteiger partial charge < -0.3 is 10.6 Å². The van der Waals surface area contributed by atoms with E-state index in [9.17, 15) is 4.79 Å². The van der Waals surface area contributed by atoms with Crippen LogP contribution in [0.4, 0.5) is 0 Å². The molecule has 1 amide bonds. The number of hydrogen-bond acceptors (Lipinski definition) is 3. The van der Waals surface area contributed by atoms with Crippen molar-refractivity contribution in [1.29, 1.82) is 0 Å². The minimum absolute atomic E-state index is 0.142. The summed E-state index contributed by atoms with van der Waals surface area (Å²) in [7, 11) is 0. The minimum Gasteiger partial charge on any atom is -0.347 e. The summed E-state index contributed by atoms with van der Waals surface area (Å²) in [5, 5.41) is 7.07.